The molecule has 0 bridgehead atoms. The van der Waals surface area contributed by atoms with Gasteiger partial charge in [0, 0.05) is 19.5 Å². The van der Waals surface area contributed by atoms with E-state index in [0.717, 1.165) is 56.4 Å². The fraction of sp³-hybridized carbons (Fsp3) is 0.840. The third-order valence-electron chi connectivity index (χ3n) is 14.9. The van der Waals surface area contributed by atoms with Crippen LogP contribution in [0.25, 0.3) is 0 Å². The van der Waals surface area contributed by atoms with Crippen molar-refractivity contribution >= 4 is 11.7 Å². The standard InChI is InChI=1S/C50H86N2O13/c1-31(2)12-9-13-33(4)38-20-21-39-35(15-10-22-50(38,39)6)17-18-36-28-37(19-16-32(36)3)63-27-26-52(24-8-7-14-34(5)55)25-11-23-51-48(62)45(60)44(59)47(40(56)29-53)65-49-46(61)43(58)42(57)41(30-54)64-49/h17-18,31,33,37-47,49,53-54,56-61H,3,7-16,19-30H2,1-2,4-6H3,(H,51,62)/b35-17+,36-18+/t33-,37?,38-,39?,40-,41-,42+,43+,44-,45-,46-,47-,49+,50-/m1/s1. The summed E-state index contributed by atoms with van der Waals surface area (Å²) < 4.78 is 17.2. The summed E-state index contributed by atoms with van der Waals surface area (Å²) >= 11 is 0. The fourth-order valence-corrected chi connectivity index (χ4v) is 11.0. The molecule has 4 rings (SSSR count). The SMILES string of the molecule is C=C1CCC(OCCN(CCCCC(C)=O)CCCNC(=O)[C@H](O)[C@@H](O)[C@H](O[C@@H]2O[C@H](CO)[C@H](O)[C@H](O)[C@H]2O)[C@H](O)CO)C/C1=C\C=C1/CCC[C@@]2(C)C1CC[C@@H]2[C@H](C)CCCC(C)C. The second-order valence-corrected chi connectivity index (χ2v) is 20.3. The van der Waals surface area contributed by atoms with Gasteiger partial charge in [0.05, 0.1) is 25.9 Å². The molecule has 0 aromatic heterocycles. The average Bonchev–Trinajstić information content (AvgIpc) is 3.64. The second kappa shape index (κ2) is 27.2. The summed E-state index contributed by atoms with van der Waals surface area (Å²) in [6.45, 7) is 16.6. The van der Waals surface area contributed by atoms with Crippen LogP contribution in [0.2, 0.25) is 0 Å². The quantitative estimate of drug-likeness (QED) is 0.0537. The lowest BCUT2D eigenvalue weighted by Crippen LogP contribution is -2.62. The van der Waals surface area contributed by atoms with Crippen molar-refractivity contribution in [2.75, 3.05) is 46.0 Å². The van der Waals surface area contributed by atoms with Crippen LogP contribution >= 0.6 is 0 Å². The van der Waals surface area contributed by atoms with Crippen molar-refractivity contribution in [1.29, 1.82) is 0 Å². The van der Waals surface area contributed by atoms with Gasteiger partial charge in [-0.25, -0.2) is 0 Å². The average molecular weight is 923 g/mol. The number of unbranched alkanes of at least 4 members (excludes halogenated alkanes) is 1. The molecule has 0 radical (unpaired) electrons. The van der Waals surface area contributed by atoms with Crippen molar-refractivity contribution in [3.8, 4) is 0 Å². The molecule has 2 unspecified atom stereocenters. The maximum absolute atomic E-state index is 13.0. The van der Waals surface area contributed by atoms with E-state index >= 15 is 0 Å². The maximum atomic E-state index is 13.0. The normalized spacial score (nSPS) is 32.1. The molecule has 15 heteroatoms. The Kier molecular flexibility index (Phi) is 23.2. The molecule has 1 aliphatic heterocycles. The van der Waals surface area contributed by atoms with E-state index in [1.165, 1.54) is 62.5 Å². The maximum Gasteiger partial charge on any atom is 0.251 e. The number of ketones is 1. The number of hydrogen-bond acceptors (Lipinski definition) is 14. The van der Waals surface area contributed by atoms with Gasteiger partial charge in [0.25, 0.3) is 5.91 Å². The number of Topliss-reactive ketones (excluding diaryl/α,β-unsaturated/α-hetero) is 1. The number of aliphatic hydroxyl groups is 8. The predicted octanol–water partition coefficient (Wildman–Crippen LogP) is 3.47. The highest BCUT2D eigenvalue weighted by Gasteiger charge is 2.51. The third kappa shape index (κ3) is 16.0. The van der Waals surface area contributed by atoms with E-state index in [4.69, 9.17) is 14.2 Å². The summed E-state index contributed by atoms with van der Waals surface area (Å²) in [5.74, 6) is 2.15. The molecule has 0 spiro atoms. The van der Waals surface area contributed by atoms with Crippen LogP contribution in [0.5, 0.6) is 0 Å². The highest BCUT2D eigenvalue weighted by Crippen LogP contribution is 2.60. The lowest BCUT2D eigenvalue weighted by molar-refractivity contribution is -0.326. The molecule has 15 nitrogen and oxygen atoms in total. The van der Waals surface area contributed by atoms with Crippen molar-refractivity contribution in [2.45, 2.75) is 192 Å². The molecule has 3 saturated carbocycles. The minimum Gasteiger partial charge on any atom is -0.394 e. The predicted molar refractivity (Wildman–Crippen MR) is 247 cm³/mol. The highest BCUT2D eigenvalue weighted by atomic mass is 16.7. The Hall–Kier alpha value is -2.12. The van der Waals surface area contributed by atoms with Gasteiger partial charge in [-0.05, 0) is 125 Å². The third-order valence-corrected chi connectivity index (χ3v) is 14.9. The first kappa shape index (κ1) is 55.5. The van der Waals surface area contributed by atoms with Gasteiger partial charge >= 0.3 is 0 Å². The molecule has 9 N–H and O–H groups in total. The Labute approximate surface area is 388 Å². The molecule has 0 aromatic carbocycles. The zero-order chi connectivity index (χ0) is 47.8. The van der Waals surface area contributed by atoms with E-state index in [0.29, 0.717) is 43.9 Å². The molecular formula is C50H86N2O13. The fourth-order valence-electron chi connectivity index (χ4n) is 11.0. The molecule has 1 amide bonds. The molecule has 14 atom stereocenters. The number of rotatable bonds is 27. The number of nitrogens with zero attached hydrogens (tertiary/aromatic N) is 1. The summed E-state index contributed by atoms with van der Waals surface area (Å²) in [5.41, 5.74) is 4.47. The van der Waals surface area contributed by atoms with Crippen LogP contribution in [0.15, 0.2) is 35.5 Å². The summed E-state index contributed by atoms with van der Waals surface area (Å²) in [4.78, 5) is 26.8. The summed E-state index contributed by atoms with van der Waals surface area (Å²) in [6, 6.07) is 0. The van der Waals surface area contributed by atoms with E-state index in [1.807, 2.05) is 0 Å². The number of fused-ring (bicyclic) bond motifs is 1. The molecule has 3 aliphatic carbocycles. The van der Waals surface area contributed by atoms with Gasteiger partial charge in [-0.2, -0.15) is 0 Å². The number of aliphatic hydroxyl groups excluding tert-OH is 8. The van der Waals surface area contributed by atoms with Gasteiger partial charge in [0.1, 0.15) is 48.5 Å². The minimum atomic E-state index is -2.14. The number of ether oxygens (including phenoxy) is 3. The molecule has 4 aliphatic rings. The summed E-state index contributed by atoms with van der Waals surface area (Å²) in [7, 11) is 0. The zero-order valence-electron chi connectivity index (χ0n) is 40.1. The lowest BCUT2D eigenvalue weighted by atomic mass is 9.60. The van der Waals surface area contributed by atoms with Crippen LogP contribution < -0.4 is 5.32 Å². The molecule has 65 heavy (non-hydrogen) atoms. The number of nitrogens with one attached hydrogen (secondary N) is 1. The summed E-state index contributed by atoms with van der Waals surface area (Å²) in [6.07, 6.45) is 3.83. The molecule has 4 fully saturated rings. The van der Waals surface area contributed by atoms with Crippen molar-refractivity contribution in [1.82, 2.24) is 10.2 Å². The van der Waals surface area contributed by atoms with E-state index in [-0.39, 0.29) is 18.4 Å². The van der Waals surface area contributed by atoms with Gasteiger partial charge in [0.2, 0.25) is 0 Å². The Balaban J connectivity index is 1.28. The zero-order valence-corrected chi connectivity index (χ0v) is 40.1. The van der Waals surface area contributed by atoms with Gasteiger partial charge in [-0.1, -0.05) is 76.8 Å². The highest BCUT2D eigenvalue weighted by molar-refractivity contribution is 5.81. The number of carbonyl (C=O) groups is 2. The van der Waals surface area contributed by atoms with Crippen molar-refractivity contribution in [3.63, 3.8) is 0 Å². The Morgan fingerprint density at radius 1 is 0.938 bits per heavy atom. The van der Waals surface area contributed by atoms with Crippen LogP contribution in [-0.4, -0.2) is 165 Å². The molecule has 374 valence electrons. The first-order valence-corrected chi connectivity index (χ1v) is 24.7. The molecular weight excluding hydrogens is 837 g/mol. The molecule has 0 aromatic rings. The number of amides is 1. The van der Waals surface area contributed by atoms with Gasteiger partial charge in [-0.15, -0.1) is 0 Å². The van der Waals surface area contributed by atoms with Crippen LogP contribution in [0.3, 0.4) is 0 Å². The second-order valence-electron chi connectivity index (χ2n) is 20.3. The van der Waals surface area contributed by atoms with Crippen molar-refractivity contribution in [3.05, 3.63) is 35.5 Å². The first-order chi connectivity index (χ1) is 30.9. The molecule has 1 heterocycles. The van der Waals surface area contributed by atoms with Crippen LogP contribution in [0, 0.1) is 29.1 Å². The number of carbonyl (C=O) groups excluding carboxylic acids is 2. The van der Waals surface area contributed by atoms with E-state index in [2.05, 4.69) is 56.6 Å². The lowest BCUT2D eigenvalue weighted by Gasteiger charge is -2.44. The first-order valence-electron chi connectivity index (χ1n) is 24.7. The van der Waals surface area contributed by atoms with Gasteiger partial charge in [0.15, 0.2) is 12.4 Å². The number of allylic oxidation sites excluding steroid dienone is 4. The van der Waals surface area contributed by atoms with Crippen LogP contribution in [0.4, 0.5) is 0 Å². The Morgan fingerprint density at radius 2 is 1.68 bits per heavy atom. The Bertz CT molecular complexity index is 1540. The van der Waals surface area contributed by atoms with Gasteiger partial charge in [-0.3, -0.25) is 4.79 Å². The van der Waals surface area contributed by atoms with Gasteiger partial charge < -0.3 is 70.1 Å². The van der Waals surface area contributed by atoms with Crippen LogP contribution in [-0.2, 0) is 23.8 Å². The largest absolute Gasteiger partial charge is 0.394 e. The van der Waals surface area contributed by atoms with Crippen molar-refractivity contribution in [2.24, 2.45) is 29.1 Å². The number of hydrogen-bond donors (Lipinski definition) is 9. The van der Waals surface area contributed by atoms with Crippen LogP contribution in [0.1, 0.15) is 131 Å². The van der Waals surface area contributed by atoms with E-state index < -0.39 is 74.2 Å². The van der Waals surface area contributed by atoms with E-state index in [9.17, 15) is 50.4 Å². The Morgan fingerprint density at radius 3 is 2.37 bits per heavy atom. The summed E-state index contributed by atoms with van der Waals surface area (Å²) in [5, 5.41) is 84.2. The van der Waals surface area contributed by atoms with E-state index in [1.54, 1.807) is 12.5 Å². The molecule has 1 saturated heterocycles. The minimum absolute atomic E-state index is 0.0777. The smallest absolute Gasteiger partial charge is 0.251 e. The topological polar surface area (TPSA) is 239 Å². The van der Waals surface area contributed by atoms with Crippen molar-refractivity contribution < 1.29 is 64.7 Å². The monoisotopic (exact) mass is 923 g/mol.